The highest BCUT2D eigenvalue weighted by Crippen LogP contribution is 2.22. The monoisotopic (exact) mass is 373 g/mol. The highest BCUT2D eigenvalue weighted by atomic mass is 32.2. The molecule has 2 atom stereocenters. The van der Waals surface area contributed by atoms with Gasteiger partial charge in [-0.15, -0.1) is 0 Å². The van der Waals surface area contributed by atoms with Gasteiger partial charge in [0, 0.05) is 37.8 Å². The standard InChI is InChI=1S/C14H21N3O4S.CH2O2/c15-22(20,21)7-1-2-14(19)17-9-12(13(18)10-17)8-11-3-5-16-6-4-11;2-1-3/h3-6,12-13,18H,1-2,7-10H2,(H2,15,20,21);1H,(H,2,3)/t12-,13+;/m1./s1. The van der Waals surface area contributed by atoms with E-state index >= 15 is 0 Å². The van der Waals surface area contributed by atoms with Crippen molar-refractivity contribution in [2.75, 3.05) is 18.8 Å². The molecule has 0 radical (unpaired) electrons. The quantitative estimate of drug-likeness (QED) is 0.553. The Morgan fingerprint density at radius 3 is 2.52 bits per heavy atom. The van der Waals surface area contributed by atoms with E-state index in [1.165, 1.54) is 0 Å². The van der Waals surface area contributed by atoms with E-state index in [1.54, 1.807) is 17.3 Å². The molecule has 0 unspecified atom stereocenters. The van der Waals surface area contributed by atoms with Gasteiger partial charge in [0.1, 0.15) is 0 Å². The van der Waals surface area contributed by atoms with E-state index in [2.05, 4.69) is 4.98 Å². The Hall–Kier alpha value is -2.04. The van der Waals surface area contributed by atoms with Crippen LogP contribution in [0.5, 0.6) is 0 Å². The molecule has 1 aromatic heterocycles. The van der Waals surface area contributed by atoms with Crippen molar-refractivity contribution in [1.82, 2.24) is 9.88 Å². The molecule has 1 aliphatic heterocycles. The van der Waals surface area contributed by atoms with E-state index in [9.17, 15) is 18.3 Å². The van der Waals surface area contributed by atoms with E-state index in [0.717, 1.165) is 5.56 Å². The number of carbonyl (C=O) groups is 2. The first-order valence-corrected chi connectivity index (χ1v) is 9.41. The zero-order chi connectivity index (χ0) is 18.9. The number of sulfonamides is 1. The highest BCUT2D eigenvalue weighted by molar-refractivity contribution is 7.89. The second-order valence-corrected chi connectivity index (χ2v) is 7.50. The highest BCUT2D eigenvalue weighted by Gasteiger charge is 2.33. The van der Waals surface area contributed by atoms with Crippen molar-refractivity contribution in [2.45, 2.75) is 25.4 Å². The first kappa shape index (κ1) is 21.0. The molecule has 2 heterocycles. The minimum atomic E-state index is -3.53. The van der Waals surface area contributed by atoms with Crippen molar-refractivity contribution < 1.29 is 28.2 Å². The Kier molecular flexibility index (Phi) is 8.46. The number of aliphatic hydroxyl groups excluding tert-OH is 1. The molecule has 10 heteroatoms. The molecule has 0 bridgehead atoms. The molecule has 1 aliphatic rings. The van der Waals surface area contributed by atoms with Crippen LogP contribution in [0.4, 0.5) is 0 Å². The number of nitrogens with zero attached hydrogens (tertiary/aromatic N) is 2. The number of aromatic nitrogens is 1. The molecule has 1 fully saturated rings. The number of nitrogens with two attached hydrogens (primary N) is 1. The number of β-amino-alcohol motifs (C(OH)–C–C–N with tert-alkyl or cyclic N) is 1. The largest absolute Gasteiger partial charge is 0.483 e. The van der Waals surface area contributed by atoms with Crippen molar-refractivity contribution >= 4 is 22.4 Å². The molecule has 4 N–H and O–H groups in total. The molecule has 1 saturated heterocycles. The minimum absolute atomic E-state index is 0.00964. The van der Waals surface area contributed by atoms with Gasteiger partial charge in [0.05, 0.1) is 11.9 Å². The van der Waals surface area contributed by atoms with E-state index in [0.29, 0.717) is 19.5 Å². The maximum atomic E-state index is 12.0. The fourth-order valence-corrected chi connectivity index (χ4v) is 3.21. The molecule has 25 heavy (non-hydrogen) atoms. The first-order valence-electron chi connectivity index (χ1n) is 7.70. The van der Waals surface area contributed by atoms with Crippen molar-refractivity contribution in [3.05, 3.63) is 30.1 Å². The van der Waals surface area contributed by atoms with Crippen LogP contribution in [-0.4, -0.2) is 65.8 Å². The number of hydrogen-bond donors (Lipinski definition) is 3. The number of carboxylic acid groups (broad SMARTS) is 1. The summed E-state index contributed by atoms with van der Waals surface area (Å²) in [6.45, 7) is 0.529. The lowest BCUT2D eigenvalue weighted by Gasteiger charge is -2.16. The van der Waals surface area contributed by atoms with Crippen LogP contribution in [0.15, 0.2) is 24.5 Å². The first-order chi connectivity index (χ1) is 11.8. The minimum Gasteiger partial charge on any atom is -0.483 e. The van der Waals surface area contributed by atoms with Crippen molar-refractivity contribution in [3.8, 4) is 0 Å². The third-order valence-corrected chi connectivity index (χ3v) is 4.68. The van der Waals surface area contributed by atoms with Gasteiger partial charge < -0.3 is 15.1 Å². The van der Waals surface area contributed by atoms with Crippen LogP contribution in [-0.2, 0) is 26.0 Å². The molecular weight excluding hydrogens is 350 g/mol. The summed E-state index contributed by atoms with van der Waals surface area (Å²) in [5, 5.41) is 21.9. The lowest BCUT2D eigenvalue weighted by atomic mass is 9.97. The Labute approximate surface area is 146 Å². The van der Waals surface area contributed by atoms with E-state index in [4.69, 9.17) is 15.0 Å². The number of aliphatic hydroxyl groups is 1. The summed E-state index contributed by atoms with van der Waals surface area (Å²) in [6.07, 6.45) is 3.87. The third-order valence-electron chi connectivity index (χ3n) is 3.83. The summed E-state index contributed by atoms with van der Waals surface area (Å²) in [6, 6.07) is 3.78. The molecular formula is C15H23N3O6S. The summed E-state index contributed by atoms with van der Waals surface area (Å²) in [4.78, 5) is 26.0. The average Bonchev–Trinajstić information content (AvgIpc) is 2.89. The molecule has 0 spiro atoms. The second kappa shape index (κ2) is 10.1. The molecule has 1 amide bonds. The van der Waals surface area contributed by atoms with E-state index in [-0.39, 0.29) is 36.9 Å². The fourth-order valence-electron chi connectivity index (χ4n) is 2.66. The third kappa shape index (κ3) is 8.05. The zero-order valence-electron chi connectivity index (χ0n) is 13.7. The van der Waals surface area contributed by atoms with E-state index in [1.807, 2.05) is 12.1 Å². The maximum absolute atomic E-state index is 12.0. The van der Waals surface area contributed by atoms with Crippen LogP contribution in [0.2, 0.25) is 0 Å². The van der Waals surface area contributed by atoms with Crippen LogP contribution in [0.1, 0.15) is 18.4 Å². The smallest absolute Gasteiger partial charge is 0.290 e. The summed E-state index contributed by atoms with van der Waals surface area (Å²) < 4.78 is 21.7. The summed E-state index contributed by atoms with van der Waals surface area (Å²) in [5.74, 6) is -0.347. The normalized spacial score (nSPS) is 19.8. The van der Waals surface area contributed by atoms with Crippen LogP contribution >= 0.6 is 0 Å². The predicted molar refractivity (Wildman–Crippen MR) is 89.9 cm³/mol. The van der Waals surface area contributed by atoms with Crippen LogP contribution in [0.3, 0.4) is 0 Å². The molecule has 140 valence electrons. The lowest BCUT2D eigenvalue weighted by Crippen LogP contribution is -2.30. The van der Waals surface area contributed by atoms with Crippen molar-refractivity contribution in [1.29, 1.82) is 0 Å². The number of hydrogen-bond acceptors (Lipinski definition) is 6. The number of pyridine rings is 1. The number of likely N-dealkylation sites (tertiary alicyclic amines) is 1. The topological polar surface area (TPSA) is 151 Å². The van der Waals surface area contributed by atoms with Gasteiger partial charge in [-0.3, -0.25) is 14.6 Å². The van der Waals surface area contributed by atoms with Gasteiger partial charge >= 0.3 is 0 Å². The average molecular weight is 373 g/mol. The second-order valence-electron chi connectivity index (χ2n) is 5.76. The summed E-state index contributed by atoms with van der Waals surface area (Å²) in [7, 11) is -3.53. The molecule has 9 nitrogen and oxygen atoms in total. The van der Waals surface area contributed by atoms with Crippen LogP contribution in [0.25, 0.3) is 0 Å². The SMILES string of the molecule is NS(=O)(=O)CCCC(=O)N1C[C@@H](Cc2ccncc2)[C@@H](O)C1.O=CO. The number of carbonyl (C=O) groups excluding carboxylic acids is 1. The van der Waals surface area contributed by atoms with Crippen LogP contribution in [0, 0.1) is 5.92 Å². The van der Waals surface area contributed by atoms with Crippen LogP contribution < -0.4 is 5.14 Å². The Balaban J connectivity index is 0.000000970. The number of rotatable bonds is 6. The maximum Gasteiger partial charge on any atom is 0.290 e. The van der Waals surface area contributed by atoms with Gasteiger partial charge in [-0.2, -0.15) is 0 Å². The Morgan fingerprint density at radius 2 is 1.96 bits per heavy atom. The molecule has 1 aromatic rings. The Morgan fingerprint density at radius 1 is 1.36 bits per heavy atom. The summed E-state index contributed by atoms with van der Waals surface area (Å²) in [5.41, 5.74) is 1.07. The van der Waals surface area contributed by atoms with Crippen molar-refractivity contribution in [2.24, 2.45) is 11.1 Å². The molecule has 2 rings (SSSR count). The fraction of sp³-hybridized carbons (Fsp3) is 0.533. The lowest BCUT2D eigenvalue weighted by molar-refractivity contribution is -0.130. The van der Waals surface area contributed by atoms with Gasteiger partial charge in [-0.1, -0.05) is 0 Å². The zero-order valence-corrected chi connectivity index (χ0v) is 14.5. The summed E-state index contributed by atoms with van der Waals surface area (Å²) >= 11 is 0. The number of primary sulfonamides is 1. The number of amides is 1. The Bertz CT molecular complexity index is 652. The predicted octanol–water partition coefficient (Wildman–Crippen LogP) is -0.787. The molecule has 0 aliphatic carbocycles. The van der Waals surface area contributed by atoms with E-state index < -0.39 is 16.1 Å². The van der Waals surface area contributed by atoms with Gasteiger partial charge in [-0.25, -0.2) is 13.6 Å². The molecule has 0 aromatic carbocycles. The van der Waals surface area contributed by atoms with Gasteiger partial charge in [0.15, 0.2) is 0 Å². The van der Waals surface area contributed by atoms with Crippen molar-refractivity contribution in [3.63, 3.8) is 0 Å². The van der Waals surface area contributed by atoms with Gasteiger partial charge in [-0.05, 0) is 30.5 Å². The molecule has 0 saturated carbocycles. The van der Waals surface area contributed by atoms with Gasteiger partial charge in [0.25, 0.3) is 6.47 Å². The van der Waals surface area contributed by atoms with Gasteiger partial charge in [0.2, 0.25) is 15.9 Å².